The van der Waals surface area contributed by atoms with E-state index < -0.39 is 10.0 Å². The fraction of sp³-hybridized carbons (Fsp3) is 0.333. The molecule has 0 bridgehead atoms. The van der Waals surface area contributed by atoms with Gasteiger partial charge in [-0.2, -0.15) is 0 Å². The van der Waals surface area contributed by atoms with Crippen LogP contribution >= 0.6 is 0 Å². The third-order valence-corrected chi connectivity index (χ3v) is 8.74. The van der Waals surface area contributed by atoms with Crippen LogP contribution < -0.4 is 9.62 Å². The summed E-state index contributed by atoms with van der Waals surface area (Å²) < 4.78 is 28.8. The van der Waals surface area contributed by atoms with Gasteiger partial charge in [0.25, 0.3) is 15.9 Å². The van der Waals surface area contributed by atoms with Crippen molar-refractivity contribution >= 4 is 39.2 Å². The number of piperazine rings is 1. The first-order valence-electron chi connectivity index (χ1n) is 13.1. The van der Waals surface area contributed by atoms with Crippen LogP contribution in [-0.4, -0.2) is 51.6 Å². The minimum Gasteiger partial charge on any atom is -0.368 e. The van der Waals surface area contributed by atoms with Gasteiger partial charge in [0.05, 0.1) is 5.69 Å². The minimum atomic E-state index is -3.82. The summed E-state index contributed by atoms with van der Waals surface area (Å²) in [6.07, 6.45) is 3.34. The molecule has 38 heavy (non-hydrogen) atoms. The van der Waals surface area contributed by atoms with Crippen molar-refractivity contribution in [3.63, 3.8) is 0 Å². The van der Waals surface area contributed by atoms with E-state index in [0.29, 0.717) is 35.9 Å². The van der Waals surface area contributed by atoms with Gasteiger partial charge in [-0.15, -0.1) is 0 Å². The summed E-state index contributed by atoms with van der Waals surface area (Å²) in [5, 5.41) is 0. The van der Waals surface area contributed by atoms with Crippen molar-refractivity contribution in [2.45, 2.75) is 44.4 Å². The monoisotopic (exact) mass is 530 g/mol. The highest BCUT2D eigenvalue weighted by atomic mass is 32.2. The quantitative estimate of drug-likeness (QED) is 0.454. The molecule has 5 rings (SSSR count). The molecule has 2 aliphatic heterocycles. The third-order valence-electron chi connectivity index (χ3n) is 7.33. The van der Waals surface area contributed by atoms with Gasteiger partial charge >= 0.3 is 0 Å². The second kappa shape index (κ2) is 10.6. The van der Waals surface area contributed by atoms with Gasteiger partial charge in [0.2, 0.25) is 0 Å². The van der Waals surface area contributed by atoms with Crippen LogP contribution in [0.4, 0.5) is 17.1 Å². The number of aryl methyl sites for hydroxylation is 2. The summed E-state index contributed by atoms with van der Waals surface area (Å²) in [6.45, 7) is 9.35. The second-order valence-corrected chi connectivity index (χ2v) is 11.9. The van der Waals surface area contributed by atoms with Gasteiger partial charge in [-0.3, -0.25) is 14.5 Å². The first-order valence-corrected chi connectivity index (χ1v) is 14.6. The van der Waals surface area contributed by atoms with Crippen molar-refractivity contribution in [2.75, 3.05) is 35.8 Å². The van der Waals surface area contributed by atoms with Gasteiger partial charge in [-0.1, -0.05) is 38.1 Å². The van der Waals surface area contributed by atoms with E-state index in [2.05, 4.69) is 53.6 Å². The zero-order valence-electron chi connectivity index (χ0n) is 22.1. The average molecular weight is 531 g/mol. The van der Waals surface area contributed by atoms with Crippen molar-refractivity contribution in [3.8, 4) is 0 Å². The van der Waals surface area contributed by atoms with Crippen molar-refractivity contribution in [1.29, 1.82) is 0 Å². The Labute approximate surface area is 225 Å². The molecule has 3 aromatic rings. The summed E-state index contributed by atoms with van der Waals surface area (Å²) >= 11 is 0. The largest absolute Gasteiger partial charge is 0.368 e. The fourth-order valence-corrected chi connectivity index (χ4v) is 6.31. The molecule has 0 atom stereocenters. The van der Waals surface area contributed by atoms with Gasteiger partial charge in [0.15, 0.2) is 0 Å². The average Bonchev–Trinajstić information content (AvgIpc) is 2.93. The number of nitrogens with zero attached hydrogens (tertiary/aromatic N) is 3. The van der Waals surface area contributed by atoms with Crippen LogP contribution in [0.25, 0.3) is 0 Å². The van der Waals surface area contributed by atoms with Gasteiger partial charge < -0.3 is 9.80 Å². The van der Waals surface area contributed by atoms with Crippen molar-refractivity contribution in [2.24, 2.45) is 4.99 Å². The van der Waals surface area contributed by atoms with E-state index >= 15 is 0 Å². The lowest BCUT2D eigenvalue weighted by molar-refractivity contribution is 0.0747. The predicted octanol–water partition coefficient (Wildman–Crippen LogP) is 5.53. The number of sulfonamides is 1. The van der Waals surface area contributed by atoms with Gasteiger partial charge in [-0.05, 0) is 78.8 Å². The maximum absolute atomic E-state index is 13.2. The molecule has 0 aromatic heterocycles. The third kappa shape index (κ3) is 5.31. The number of aliphatic imine (C=N–C) groups is 1. The molecule has 2 aliphatic rings. The zero-order valence-corrected chi connectivity index (χ0v) is 23.0. The molecule has 0 aliphatic carbocycles. The summed E-state index contributed by atoms with van der Waals surface area (Å²) in [5.74, 6) is 0.425. The number of anilines is 2. The van der Waals surface area contributed by atoms with E-state index in [0.717, 1.165) is 31.5 Å². The number of carbonyl (C=O) groups excluding carboxylic acids is 1. The van der Waals surface area contributed by atoms with E-state index in [4.69, 9.17) is 0 Å². The Balaban J connectivity index is 1.24. The topological polar surface area (TPSA) is 82.1 Å². The summed E-state index contributed by atoms with van der Waals surface area (Å²) in [4.78, 5) is 21.9. The normalized spacial score (nSPS) is 15.5. The number of benzene rings is 3. The standard InChI is InChI=1S/C30H34N4O3S/c1-21(2)25-10-9-22(3)27(20-25)33-16-18-34(19-17-33)30(35)24-11-13-26(14-12-24)32-38(36,37)28-8-4-6-23-7-5-15-31-29(23)28/h4,6,8-15,20-21,32H,5,7,16-19H2,1-3H3. The molecule has 0 unspecified atom stereocenters. The maximum atomic E-state index is 13.2. The van der Waals surface area contributed by atoms with Crippen LogP contribution in [0.1, 0.15) is 53.2 Å². The van der Waals surface area contributed by atoms with Crippen LogP contribution in [0.15, 0.2) is 70.6 Å². The molecule has 2 heterocycles. The lowest BCUT2D eigenvalue weighted by atomic mass is 10.00. The summed E-state index contributed by atoms with van der Waals surface area (Å²) in [7, 11) is -3.82. The second-order valence-electron chi connectivity index (χ2n) is 10.3. The first kappa shape index (κ1) is 26.0. The Hall–Kier alpha value is -3.65. The number of hydrogen-bond donors (Lipinski definition) is 1. The minimum absolute atomic E-state index is 0.0434. The summed E-state index contributed by atoms with van der Waals surface area (Å²) in [6, 6.07) is 18.5. The molecule has 3 aromatic carbocycles. The number of hydrogen-bond acceptors (Lipinski definition) is 5. The van der Waals surface area contributed by atoms with Crippen LogP contribution in [-0.2, 0) is 16.4 Å². The van der Waals surface area contributed by atoms with E-state index in [1.165, 1.54) is 16.8 Å². The summed E-state index contributed by atoms with van der Waals surface area (Å²) in [5.41, 5.74) is 6.19. The Morgan fingerprint density at radius 2 is 1.71 bits per heavy atom. The predicted molar refractivity (Wildman–Crippen MR) is 154 cm³/mol. The molecule has 1 fully saturated rings. The van der Waals surface area contributed by atoms with Crippen LogP contribution in [0.3, 0.4) is 0 Å². The van der Waals surface area contributed by atoms with Crippen LogP contribution in [0.5, 0.6) is 0 Å². The highest BCUT2D eigenvalue weighted by molar-refractivity contribution is 7.92. The van der Waals surface area contributed by atoms with E-state index in [-0.39, 0.29) is 10.8 Å². The molecular formula is C30H34N4O3S. The lowest BCUT2D eigenvalue weighted by Gasteiger charge is -2.37. The van der Waals surface area contributed by atoms with Crippen LogP contribution in [0.2, 0.25) is 0 Å². The van der Waals surface area contributed by atoms with E-state index in [1.807, 2.05) is 11.0 Å². The van der Waals surface area contributed by atoms with Crippen molar-refractivity contribution in [3.05, 3.63) is 82.9 Å². The van der Waals surface area contributed by atoms with E-state index in [1.54, 1.807) is 42.6 Å². The Morgan fingerprint density at radius 3 is 2.42 bits per heavy atom. The maximum Gasteiger partial charge on any atom is 0.264 e. The molecule has 0 radical (unpaired) electrons. The number of fused-ring (bicyclic) bond motifs is 1. The fourth-order valence-electron chi connectivity index (χ4n) is 5.06. The SMILES string of the molecule is Cc1ccc(C(C)C)cc1N1CCN(C(=O)c2ccc(NS(=O)(=O)c3cccc4c3N=CCC4)cc2)CC1. The van der Waals surface area contributed by atoms with Crippen LogP contribution in [0, 0.1) is 6.92 Å². The molecule has 198 valence electrons. The Morgan fingerprint density at radius 1 is 0.974 bits per heavy atom. The number of rotatable bonds is 6. The zero-order chi connectivity index (χ0) is 26.9. The molecule has 1 saturated heterocycles. The molecule has 0 saturated carbocycles. The highest BCUT2D eigenvalue weighted by Gasteiger charge is 2.25. The number of carbonyl (C=O) groups is 1. The first-order chi connectivity index (χ1) is 18.2. The molecule has 0 spiro atoms. The lowest BCUT2D eigenvalue weighted by Crippen LogP contribution is -2.49. The smallest absolute Gasteiger partial charge is 0.264 e. The van der Waals surface area contributed by atoms with Gasteiger partial charge in [0.1, 0.15) is 4.90 Å². The van der Waals surface area contributed by atoms with Gasteiger partial charge in [0, 0.05) is 49.3 Å². The Kier molecular flexibility index (Phi) is 7.25. The van der Waals surface area contributed by atoms with Gasteiger partial charge in [-0.25, -0.2) is 8.42 Å². The van der Waals surface area contributed by atoms with Crippen molar-refractivity contribution < 1.29 is 13.2 Å². The Bertz CT molecular complexity index is 1470. The molecule has 7 nitrogen and oxygen atoms in total. The molecular weight excluding hydrogens is 496 g/mol. The molecule has 1 N–H and O–H groups in total. The molecule has 8 heteroatoms. The number of para-hydroxylation sites is 1. The van der Waals surface area contributed by atoms with E-state index in [9.17, 15) is 13.2 Å². The highest BCUT2D eigenvalue weighted by Crippen LogP contribution is 2.33. The number of amides is 1. The molecule has 1 amide bonds. The number of nitrogens with one attached hydrogen (secondary N) is 1. The van der Waals surface area contributed by atoms with Crippen molar-refractivity contribution in [1.82, 2.24) is 4.90 Å².